The SMILES string of the molecule is CC(=O)NC1CCC(Nc2ncc(F)c(-c3ccnc(N4CCCOC4=O)c3)n2)CC1. The van der Waals surface area contributed by atoms with E-state index >= 15 is 0 Å². The number of nitrogens with zero attached hydrogens (tertiary/aromatic N) is 4. The monoisotopic (exact) mass is 428 g/mol. The second-order valence-electron chi connectivity index (χ2n) is 7.81. The second kappa shape index (κ2) is 9.23. The molecular formula is C21H25FN6O3. The number of aromatic nitrogens is 3. The zero-order chi connectivity index (χ0) is 21.8. The number of hydrogen-bond acceptors (Lipinski definition) is 7. The summed E-state index contributed by atoms with van der Waals surface area (Å²) in [6.45, 7) is 2.41. The molecule has 10 heteroatoms. The first-order chi connectivity index (χ1) is 15.0. The number of carbonyl (C=O) groups excluding carboxylic acids is 2. The van der Waals surface area contributed by atoms with Crippen molar-refractivity contribution in [2.24, 2.45) is 0 Å². The largest absolute Gasteiger partial charge is 0.449 e. The predicted octanol–water partition coefficient (Wildman–Crippen LogP) is 2.88. The molecule has 0 atom stereocenters. The predicted molar refractivity (Wildman–Crippen MR) is 112 cm³/mol. The van der Waals surface area contributed by atoms with Crippen LogP contribution < -0.4 is 15.5 Å². The first kappa shape index (κ1) is 21.0. The number of pyridine rings is 1. The van der Waals surface area contributed by atoms with Gasteiger partial charge in [-0.2, -0.15) is 0 Å². The molecule has 1 aliphatic heterocycles. The Kier molecular flexibility index (Phi) is 6.24. The van der Waals surface area contributed by atoms with Crippen molar-refractivity contribution in [1.29, 1.82) is 0 Å². The van der Waals surface area contributed by atoms with Crippen LogP contribution in [0, 0.1) is 5.82 Å². The van der Waals surface area contributed by atoms with Gasteiger partial charge < -0.3 is 15.4 Å². The summed E-state index contributed by atoms with van der Waals surface area (Å²) in [4.78, 5) is 37.3. The molecule has 3 heterocycles. The average molecular weight is 428 g/mol. The zero-order valence-corrected chi connectivity index (χ0v) is 17.3. The Morgan fingerprint density at radius 3 is 2.74 bits per heavy atom. The minimum atomic E-state index is -0.557. The normalized spacial score (nSPS) is 21.4. The van der Waals surface area contributed by atoms with Gasteiger partial charge in [0.25, 0.3) is 0 Å². The summed E-state index contributed by atoms with van der Waals surface area (Å²) in [7, 11) is 0. The Bertz CT molecular complexity index is 964. The highest BCUT2D eigenvalue weighted by Gasteiger charge is 2.24. The van der Waals surface area contributed by atoms with Crippen molar-refractivity contribution in [3.63, 3.8) is 0 Å². The third kappa shape index (κ3) is 5.07. The number of carbonyl (C=O) groups is 2. The summed E-state index contributed by atoms with van der Waals surface area (Å²) in [5, 5.41) is 6.22. The molecule has 1 aliphatic carbocycles. The van der Waals surface area contributed by atoms with Gasteiger partial charge in [-0.3, -0.25) is 9.69 Å². The number of cyclic esters (lactones) is 1. The molecule has 2 fully saturated rings. The smallest absolute Gasteiger partial charge is 0.415 e. The molecule has 0 bridgehead atoms. The van der Waals surface area contributed by atoms with Crippen molar-refractivity contribution in [2.75, 3.05) is 23.4 Å². The van der Waals surface area contributed by atoms with Crippen molar-refractivity contribution in [3.05, 3.63) is 30.3 Å². The maximum atomic E-state index is 14.5. The van der Waals surface area contributed by atoms with Crippen LogP contribution in [0.4, 0.5) is 21.0 Å². The quantitative estimate of drug-likeness (QED) is 0.754. The molecule has 4 rings (SSSR count). The topological polar surface area (TPSA) is 109 Å². The highest BCUT2D eigenvalue weighted by molar-refractivity contribution is 5.87. The summed E-state index contributed by atoms with van der Waals surface area (Å²) >= 11 is 0. The maximum Gasteiger partial charge on any atom is 0.415 e. The van der Waals surface area contributed by atoms with Crippen LogP contribution in [0.2, 0.25) is 0 Å². The van der Waals surface area contributed by atoms with Gasteiger partial charge in [0.2, 0.25) is 11.9 Å². The number of nitrogens with one attached hydrogen (secondary N) is 2. The first-order valence-corrected chi connectivity index (χ1v) is 10.5. The van der Waals surface area contributed by atoms with E-state index in [0.717, 1.165) is 31.9 Å². The highest BCUT2D eigenvalue weighted by atomic mass is 19.1. The van der Waals surface area contributed by atoms with Crippen molar-refractivity contribution in [3.8, 4) is 11.3 Å². The maximum absolute atomic E-state index is 14.5. The van der Waals surface area contributed by atoms with E-state index in [-0.39, 0.29) is 23.7 Å². The molecule has 0 spiro atoms. The molecule has 2 aliphatic rings. The molecule has 1 saturated heterocycles. The Balaban J connectivity index is 1.48. The van der Waals surface area contributed by atoms with Gasteiger partial charge >= 0.3 is 6.09 Å². The summed E-state index contributed by atoms with van der Waals surface area (Å²) in [5.41, 5.74) is 0.638. The fraction of sp³-hybridized carbons (Fsp3) is 0.476. The molecular weight excluding hydrogens is 403 g/mol. The van der Waals surface area contributed by atoms with Crippen LogP contribution in [0.25, 0.3) is 11.3 Å². The lowest BCUT2D eigenvalue weighted by Crippen LogP contribution is -2.39. The van der Waals surface area contributed by atoms with Crippen molar-refractivity contribution in [1.82, 2.24) is 20.3 Å². The van der Waals surface area contributed by atoms with Gasteiger partial charge in [-0.25, -0.2) is 24.1 Å². The van der Waals surface area contributed by atoms with E-state index < -0.39 is 11.9 Å². The number of ether oxygens (including phenoxy) is 1. The van der Waals surface area contributed by atoms with Gasteiger partial charge in [0.05, 0.1) is 12.8 Å². The van der Waals surface area contributed by atoms with Crippen molar-refractivity contribution >= 4 is 23.8 Å². The standard InChI is InChI=1S/C21H25FN6O3/c1-13(29)25-15-3-5-16(6-4-15)26-20-24-12-17(22)19(27-20)14-7-8-23-18(11-14)28-9-2-10-31-21(28)30/h7-8,11-12,15-16H,2-6,9-10H2,1H3,(H,25,29)(H,24,26,27). The fourth-order valence-corrected chi connectivity index (χ4v) is 3.96. The third-order valence-electron chi connectivity index (χ3n) is 5.48. The molecule has 9 nitrogen and oxygen atoms in total. The first-order valence-electron chi connectivity index (χ1n) is 10.5. The van der Waals surface area contributed by atoms with E-state index in [4.69, 9.17) is 4.74 Å². The van der Waals surface area contributed by atoms with Gasteiger partial charge in [0.1, 0.15) is 11.5 Å². The van der Waals surface area contributed by atoms with E-state index in [1.54, 1.807) is 12.1 Å². The lowest BCUT2D eigenvalue weighted by Gasteiger charge is -2.29. The number of halogens is 1. The van der Waals surface area contributed by atoms with E-state index in [9.17, 15) is 14.0 Å². The molecule has 0 aromatic carbocycles. The number of hydrogen-bond donors (Lipinski definition) is 2. The van der Waals surface area contributed by atoms with Crippen molar-refractivity contribution < 1.29 is 18.7 Å². The van der Waals surface area contributed by atoms with Crippen LogP contribution in [0.5, 0.6) is 0 Å². The zero-order valence-electron chi connectivity index (χ0n) is 17.3. The Labute approximate surface area is 179 Å². The summed E-state index contributed by atoms with van der Waals surface area (Å²) < 4.78 is 19.6. The summed E-state index contributed by atoms with van der Waals surface area (Å²) in [6.07, 6.45) is 6.35. The molecule has 31 heavy (non-hydrogen) atoms. The average Bonchev–Trinajstić information content (AvgIpc) is 2.76. The van der Waals surface area contributed by atoms with E-state index in [1.165, 1.54) is 18.0 Å². The van der Waals surface area contributed by atoms with Crippen LogP contribution >= 0.6 is 0 Å². The molecule has 2 N–H and O–H groups in total. The van der Waals surface area contributed by atoms with Crippen LogP contribution in [0.1, 0.15) is 39.0 Å². The van der Waals surface area contributed by atoms with Gasteiger partial charge in [0.15, 0.2) is 5.82 Å². The molecule has 2 amide bonds. The number of rotatable bonds is 5. The van der Waals surface area contributed by atoms with Gasteiger partial charge in [0, 0.05) is 37.3 Å². The minimum absolute atomic E-state index is 0.0162. The Morgan fingerprint density at radius 1 is 1.23 bits per heavy atom. The lowest BCUT2D eigenvalue weighted by molar-refractivity contribution is -0.119. The molecule has 0 radical (unpaired) electrons. The number of anilines is 2. The summed E-state index contributed by atoms with van der Waals surface area (Å²) in [5.74, 6) is 0.164. The van der Waals surface area contributed by atoms with E-state index in [0.29, 0.717) is 36.9 Å². The molecule has 2 aromatic heterocycles. The Hall–Kier alpha value is -3.30. The van der Waals surface area contributed by atoms with Crippen LogP contribution in [-0.4, -0.2) is 52.2 Å². The van der Waals surface area contributed by atoms with Gasteiger partial charge in [-0.05, 0) is 44.2 Å². The number of amides is 2. The van der Waals surface area contributed by atoms with Crippen molar-refractivity contribution in [2.45, 2.75) is 51.1 Å². The third-order valence-corrected chi connectivity index (χ3v) is 5.48. The van der Waals surface area contributed by atoms with E-state index in [1.807, 2.05) is 0 Å². The fourth-order valence-electron chi connectivity index (χ4n) is 3.96. The van der Waals surface area contributed by atoms with Gasteiger partial charge in [-0.1, -0.05) is 0 Å². The molecule has 0 unspecified atom stereocenters. The minimum Gasteiger partial charge on any atom is -0.449 e. The lowest BCUT2D eigenvalue weighted by atomic mass is 9.91. The molecule has 2 aromatic rings. The highest BCUT2D eigenvalue weighted by Crippen LogP contribution is 2.27. The molecule has 164 valence electrons. The van der Waals surface area contributed by atoms with Crippen LogP contribution in [0.3, 0.4) is 0 Å². The van der Waals surface area contributed by atoms with Crippen LogP contribution in [0.15, 0.2) is 24.5 Å². The van der Waals surface area contributed by atoms with Gasteiger partial charge in [-0.15, -0.1) is 0 Å². The van der Waals surface area contributed by atoms with Crippen LogP contribution in [-0.2, 0) is 9.53 Å². The molecule has 1 saturated carbocycles. The Morgan fingerprint density at radius 2 is 2.00 bits per heavy atom. The summed E-state index contributed by atoms with van der Waals surface area (Å²) in [6, 6.07) is 3.61. The van der Waals surface area contributed by atoms with E-state index in [2.05, 4.69) is 25.6 Å². The second-order valence-corrected chi connectivity index (χ2v) is 7.81.